The van der Waals surface area contributed by atoms with Gasteiger partial charge in [0.2, 0.25) is 0 Å². The van der Waals surface area contributed by atoms with Crippen molar-refractivity contribution >= 4 is 0 Å². The fourth-order valence-electron chi connectivity index (χ4n) is 2.62. The molecule has 0 aliphatic rings. The van der Waals surface area contributed by atoms with Gasteiger partial charge in [0.05, 0.1) is 12.8 Å². The van der Waals surface area contributed by atoms with Crippen LogP contribution in [0.5, 0.6) is 0 Å². The van der Waals surface area contributed by atoms with Gasteiger partial charge >= 0.3 is 0 Å². The molecule has 1 aromatic carbocycles. The molecule has 0 atom stereocenters. The Labute approximate surface area is 122 Å². The molecular formula is C18H25NO. The van der Waals surface area contributed by atoms with E-state index < -0.39 is 0 Å². The maximum Gasteiger partial charge on any atom is 0.125 e. The second-order valence-corrected chi connectivity index (χ2v) is 5.93. The summed E-state index contributed by atoms with van der Waals surface area (Å²) < 4.78 is 5.70. The molecule has 0 saturated carbocycles. The summed E-state index contributed by atoms with van der Waals surface area (Å²) in [4.78, 5) is 0. The SMILES string of the molecule is Cc1cc(C)c(C)c(-c2ccoc2CNC(C)C)c1C. The van der Waals surface area contributed by atoms with Crippen LogP contribution < -0.4 is 5.32 Å². The van der Waals surface area contributed by atoms with E-state index in [0.29, 0.717) is 6.04 Å². The second kappa shape index (κ2) is 5.84. The van der Waals surface area contributed by atoms with Crippen molar-refractivity contribution in [3.63, 3.8) is 0 Å². The van der Waals surface area contributed by atoms with E-state index in [9.17, 15) is 0 Å². The lowest BCUT2D eigenvalue weighted by molar-refractivity contribution is 0.466. The van der Waals surface area contributed by atoms with Gasteiger partial charge in [-0.2, -0.15) is 0 Å². The summed E-state index contributed by atoms with van der Waals surface area (Å²) in [6, 6.07) is 4.81. The summed E-state index contributed by atoms with van der Waals surface area (Å²) in [7, 11) is 0. The van der Waals surface area contributed by atoms with Crippen molar-refractivity contribution in [3.8, 4) is 11.1 Å². The van der Waals surface area contributed by atoms with Crippen LogP contribution in [0.25, 0.3) is 11.1 Å². The van der Waals surface area contributed by atoms with Crippen LogP contribution in [0, 0.1) is 27.7 Å². The molecule has 0 aliphatic carbocycles. The van der Waals surface area contributed by atoms with E-state index in [-0.39, 0.29) is 0 Å². The number of furan rings is 1. The molecule has 20 heavy (non-hydrogen) atoms. The van der Waals surface area contributed by atoms with Gasteiger partial charge in [0.15, 0.2) is 0 Å². The third-order valence-corrected chi connectivity index (χ3v) is 4.05. The van der Waals surface area contributed by atoms with E-state index in [4.69, 9.17) is 4.42 Å². The van der Waals surface area contributed by atoms with Gasteiger partial charge in [-0.25, -0.2) is 0 Å². The summed E-state index contributed by atoms with van der Waals surface area (Å²) in [5, 5.41) is 3.43. The third kappa shape index (κ3) is 2.80. The number of rotatable bonds is 4. The van der Waals surface area contributed by atoms with Crippen LogP contribution >= 0.6 is 0 Å². The minimum Gasteiger partial charge on any atom is -0.467 e. The normalized spacial score (nSPS) is 11.3. The zero-order chi connectivity index (χ0) is 14.9. The van der Waals surface area contributed by atoms with Crippen LogP contribution in [0.15, 0.2) is 22.8 Å². The summed E-state index contributed by atoms with van der Waals surface area (Å²) >= 11 is 0. The summed E-state index contributed by atoms with van der Waals surface area (Å²) in [6.07, 6.45) is 1.79. The van der Waals surface area contributed by atoms with Crippen molar-refractivity contribution in [2.75, 3.05) is 0 Å². The molecule has 2 heteroatoms. The van der Waals surface area contributed by atoms with E-state index in [2.05, 4.69) is 59.0 Å². The maximum atomic E-state index is 5.70. The number of hydrogen-bond acceptors (Lipinski definition) is 2. The highest BCUT2D eigenvalue weighted by Crippen LogP contribution is 2.34. The molecule has 1 N–H and O–H groups in total. The van der Waals surface area contributed by atoms with Crippen LogP contribution in [-0.2, 0) is 6.54 Å². The fraction of sp³-hybridized carbons (Fsp3) is 0.444. The van der Waals surface area contributed by atoms with E-state index >= 15 is 0 Å². The van der Waals surface area contributed by atoms with Crippen molar-refractivity contribution in [2.45, 2.75) is 54.1 Å². The Balaban J connectivity index is 2.50. The maximum absolute atomic E-state index is 5.70. The van der Waals surface area contributed by atoms with Crippen molar-refractivity contribution < 1.29 is 4.42 Å². The Kier molecular flexibility index (Phi) is 4.34. The highest BCUT2D eigenvalue weighted by atomic mass is 16.3. The van der Waals surface area contributed by atoms with Gasteiger partial charge in [-0.15, -0.1) is 0 Å². The quantitative estimate of drug-likeness (QED) is 0.873. The minimum absolute atomic E-state index is 0.453. The monoisotopic (exact) mass is 271 g/mol. The van der Waals surface area contributed by atoms with Crippen LogP contribution in [0.2, 0.25) is 0 Å². The molecule has 0 unspecified atom stereocenters. The van der Waals surface area contributed by atoms with Crippen molar-refractivity contribution in [1.29, 1.82) is 0 Å². The first kappa shape index (κ1) is 14.9. The van der Waals surface area contributed by atoms with Gasteiger partial charge in [-0.1, -0.05) is 19.9 Å². The molecule has 0 radical (unpaired) electrons. The first-order chi connectivity index (χ1) is 9.41. The lowest BCUT2D eigenvalue weighted by Crippen LogP contribution is -2.21. The van der Waals surface area contributed by atoms with E-state index in [1.54, 1.807) is 6.26 Å². The molecule has 1 aromatic heterocycles. The number of hydrogen-bond donors (Lipinski definition) is 1. The zero-order valence-corrected chi connectivity index (χ0v) is 13.4. The predicted molar refractivity (Wildman–Crippen MR) is 85.1 cm³/mol. The van der Waals surface area contributed by atoms with Crippen LogP contribution in [0.3, 0.4) is 0 Å². The minimum atomic E-state index is 0.453. The number of nitrogens with one attached hydrogen (secondary N) is 1. The first-order valence-electron chi connectivity index (χ1n) is 7.29. The molecule has 0 fully saturated rings. The molecule has 0 aliphatic heterocycles. The molecule has 0 bridgehead atoms. The van der Waals surface area contributed by atoms with Crippen LogP contribution in [0.4, 0.5) is 0 Å². The molecule has 0 amide bonds. The molecule has 2 nitrogen and oxygen atoms in total. The second-order valence-electron chi connectivity index (χ2n) is 5.93. The Morgan fingerprint density at radius 3 is 2.20 bits per heavy atom. The summed E-state index contributed by atoms with van der Waals surface area (Å²) in [6.45, 7) is 13.8. The lowest BCUT2D eigenvalue weighted by Gasteiger charge is -2.16. The Morgan fingerprint density at radius 1 is 1.05 bits per heavy atom. The van der Waals surface area contributed by atoms with Crippen molar-refractivity contribution in [2.24, 2.45) is 0 Å². The Morgan fingerprint density at radius 2 is 1.65 bits per heavy atom. The standard InChI is InChI=1S/C18H25NO/c1-11(2)19-10-17-16(7-8-20-17)18-14(5)12(3)9-13(4)15(18)6/h7-9,11,19H,10H2,1-6H3. The molecule has 2 rings (SSSR count). The average molecular weight is 271 g/mol. The number of aryl methyl sites for hydroxylation is 2. The Bertz CT molecular complexity index is 582. The largest absolute Gasteiger partial charge is 0.467 e. The van der Waals surface area contributed by atoms with Crippen molar-refractivity contribution in [1.82, 2.24) is 5.32 Å². The molecule has 1 heterocycles. The highest BCUT2D eigenvalue weighted by Gasteiger charge is 2.16. The van der Waals surface area contributed by atoms with E-state index in [0.717, 1.165) is 12.3 Å². The van der Waals surface area contributed by atoms with Crippen molar-refractivity contribution in [3.05, 3.63) is 46.4 Å². The Hall–Kier alpha value is -1.54. The van der Waals surface area contributed by atoms with Gasteiger partial charge in [-0.05, 0) is 61.6 Å². The molecule has 108 valence electrons. The van der Waals surface area contributed by atoms with Gasteiger partial charge in [0, 0.05) is 11.6 Å². The lowest BCUT2D eigenvalue weighted by atomic mass is 9.90. The topological polar surface area (TPSA) is 25.2 Å². The van der Waals surface area contributed by atoms with Gasteiger partial charge < -0.3 is 9.73 Å². The molecule has 0 saturated heterocycles. The van der Waals surface area contributed by atoms with Gasteiger partial charge in [-0.3, -0.25) is 0 Å². The van der Waals surface area contributed by atoms with Crippen LogP contribution in [-0.4, -0.2) is 6.04 Å². The van der Waals surface area contributed by atoms with Crippen LogP contribution in [0.1, 0.15) is 41.9 Å². The molecular weight excluding hydrogens is 246 g/mol. The summed E-state index contributed by atoms with van der Waals surface area (Å²) in [5.41, 5.74) is 7.93. The molecule has 0 spiro atoms. The smallest absolute Gasteiger partial charge is 0.125 e. The molecule has 2 aromatic rings. The van der Waals surface area contributed by atoms with E-state index in [1.807, 2.05) is 0 Å². The predicted octanol–water partition coefficient (Wildman–Crippen LogP) is 4.68. The fourth-order valence-corrected chi connectivity index (χ4v) is 2.62. The highest BCUT2D eigenvalue weighted by molar-refractivity contribution is 5.74. The average Bonchev–Trinajstić information content (AvgIpc) is 2.83. The summed E-state index contributed by atoms with van der Waals surface area (Å²) in [5.74, 6) is 1.02. The number of benzene rings is 1. The van der Waals surface area contributed by atoms with Gasteiger partial charge in [0.25, 0.3) is 0 Å². The van der Waals surface area contributed by atoms with E-state index in [1.165, 1.54) is 33.4 Å². The van der Waals surface area contributed by atoms with Gasteiger partial charge in [0.1, 0.15) is 5.76 Å². The first-order valence-corrected chi connectivity index (χ1v) is 7.29. The third-order valence-electron chi connectivity index (χ3n) is 4.05. The zero-order valence-electron chi connectivity index (χ0n) is 13.4.